The quantitative estimate of drug-likeness (QED) is 0.663. The number of benzene rings is 2. The van der Waals surface area contributed by atoms with Gasteiger partial charge in [-0.2, -0.15) is 0 Å². The molecule has 0 unspecified atom stereocenters. The zero-order chi connectivity index (χ0) is 21.1. The lowest BCUT2D eigenvalue weighted by atomic mass is 9.92. The van der Waals surface area contributed by atoms with Crippen LogP contribution in [0.1, 0.15) is 55.0 Å². The van der Waals surface area contributed by atoms with Crippen LogP contribution < -0.4 is 11.1 Å². The SMILES string of the molecule is C[C@H](N[C@H](/C=C/C(=O)N1[C@@H]2CC[C@H]1c1ccccc12)CCc1ccccc1)C(N)=O. The number of primary amides is 1. The second-order valence-corrected chi connectivity index (χ2v) is 8.26. The Labute approximate surface area is 178 Å². The number of fused-ring (bicyclic) bond motifs is 5. The molecule has 4 rings (SSSR count). The van der Waals surface area contributed by atoms with E-state index in [1.807, 2.05) is 41.3 Å². The normalized spacial score (nSPS) is 21.6. The third-order valence-electron chi connectivity index (χ3n) is 6.30. The highest BCUT2D eigenvalue weighted by Crippen LogP contribution is 2.52. The molecule has 2 heterocycles. The third-order valence-corrected chi connectivity index (χ3v) is 6.30. The van der Waals surface area contributed by atoms with Gasteiger partial charge in [0.15, 0.2) is 0 Å². The zero-order valence-corrected chi connectivity index (χ0v) is 17.3. The summed E-state index contributed by atoms with van der Waals surface area (Å²) in [6.07, 6.45) is 7.24. The summed E-state index contributed by atoms with van der Waals surface area (Å²) in [7, 11) is 0. The minimum atomic E-state index is -0.460. The Morgan fingerprint density at radius 2 is 1.67 bits per heavy atom. The number of aryl methyl sites for hydroxylation is 1. The van der Waals surface area contributed by atoms with Gasteiger partial charge >= 0.3 is 0 Å². The molecule has 0 aliphatic carbocycles. The number of hydrogen-bond acceptors (Lipinski definition) is 3. The van der Waals surface area contributed by atoms with Gasteiger partial charge in [0.2, 0.25) is 11.8 Å². The van der Waals surface area contributed by atoms with Gasteiger partial charge in [-0.1, -0.05) is 60.7 Å². The molecule has 2 aliphatic heterocycles. The monoisotopic (exact) mass is 403 g/mol. The largest absolute Gasteiger partial charge is 0.368 e. The molecule has 0 radical (unpaired) electrons. The second kappa shape index (κ2) is 8.84. The Bertz CT molecular complexity index is 909. The average molecular weight is 404 g/mol. The van der Waals surface area contributed by atoms with Crippen molar-refractivity contribution in [3.8, 4) is 0 Å². The Kier molecular flexibility index (Phi) is 6.00. The molecule has 0 spiro atoms. The van der Waals surface area contributed by atoms with Gasteiger partial charge in [-0.25, -0.2) is 0 Å². The fraction of sp³-hybridized carbons (Fsp3) is 0.360. The summed E-state index contributed by atoms with van der Waals surface area (Å²) in [6, 6.07) is 18.4. The predicted octanol–water partition coefficient (Wildman–Crippen LogP) is 3.43. The number of carbonyl (C=O) groups excluding carboxylic acids is 2. The lowest BCUT2D eigenvalue weighted by Gasteiger charge is -2.22. The Hall–Kier alpha value is -2.92. The van der Waals surface area contributed by atoms with Crippen LogP contribution in [0.15, 0.2) is 66.7 Å². The molecule has 1 fully saturated rings. The molecule has 3 N–H and O–H groups in total. The molecule has 1 saturated heterocycles. The molecule has 30 heavy (non-hydrogen) atoms. The van der Waals surface area contributed by atoms with Crippen LogP contribution in [0.3, 0.4) is 0 Å². The zero-order valence-electron chi connectivity index (χ0n) is 17.3. The van der Waals surface area contributed by atoms with Crippen molar-refractivity contribution in [2.45, 2.75) is 56.8 Å². The summed E-state index contributed by atoms with van der Waals surface area (Å²) in [5, 5.41) is 3.26. The molecular weight excluding hydrogens is 374 g/mol. The van der Waals surface area contributed by atoms with Crippen LogP contribution in [0.5, 0.6) is 0 Å². The van der Waals surface area contributed by atoms with E-state index >= 15 is 0 Å². The molecule has 2 amide bonds. The maximum absolute atomic E-state index is 13.1. The minimum Gasteiger partial charge on any atom is -0.368 e. The molecule has 5 nitrogen and oxygen atoms in total. The van der Waals surface area contributed by atoms with Gasteiger partial charge in [0.25, 0.3) is 0 Å². The van der Waals surface area contributed by atoms with Crippen molar-refractivity contribution in [1.82, 2.24) is 10.2 Å². The summed E-state index contributed by atoms with van der Waals surface area (Å²) < 4.78 is 0. The molecule has 2 bridgehead atoms. The van der Waals surface area contributed by atoms with Crippen LogP contribution in [-0.4, -0.2) is 28.8 Å². The molecule has 0 aromatic heterocycles. The van der Waals surface area contributed by atoms with Crippen LogP contribution in [0, 0.1) is 0 Å². The number of amides is 2. The molecule has 2 aliphatic rings. The van der Waals surface area contributed by atoms with E-state index in [2.05, 4.69) is 29.6 Å². The van der Waals surface area contributed by atoms with Gasteiger partial charge in [0, 0.05) is 12.1 Å². The number of hydrogen-bond donors (Lipinski definition) is 2. The van der Waals surface area contributed by atoms with Crippen LogP contribution in [-0.2, 0) is 16.0 Å². The summed E-state index contributed by atoms with van der Waals surface area (Å²) in [6.45, 7) is 1.75. The van der Waals surface area contributed by atoms with E-state index in [1.54, 1.807) is 13.0 Å². The molecule has 156 valence electrons. The van der Waals surface area contributed by atoms with Crippen molar-refractivity contribution < 1.29 is 9.59 Å². The van der Waals surface area contributed by atoms with E-state index in [0.717, 1.165) is 25.7 Å². The number of nitrogens with zero attached hydrogens (tertiary/aromatic N) is 1. The Balaban J connectivity index is 1.45. The van der Waals surface area contributed by atoms with E-state index in [0.29, 0.717) is 0 Å². The van der Waals surface area contributed by atoms with E-state index in [1.165, 1.54) is 16.7 Å². The van der Waals surface area contributed by atoms with E-state index in [-0.39, 0.29) is 24.0 Å². The molecule has 2 aromatic rings. The highest BCUT2D eigenvalue weighted by atomic mass is 16.2. The predicted molar refractivity (Wildman–Crippen MR) is 117 cm³/mol. The third kappa shape index (κ3) is 4.17. The molecule has 2 aromatic carbocycles. The van der Waals surface area contributed by atoms with Crippen molar-refractivity contribution >= 4 is 11.8 Å². The van der Waals surface area contributed by atoms with E-state index in [9.17, 15) is 9.59 Å². The fourth-order valence-electron chi connectivity index (χ4n) is 4.74. The first-order chi connectivity index (χ1) is 14.5. The van der Waals surface area contributed by atoms with Crippen LogP contribution in [0.2, 0.25) is 0 Å². The van der Waals surface area contributed by atoms with Gasteiger partial charge in [-0.05, 0) is 49.3 Å². The topological polar surface area (TPSA) is 75.4 Å². The summed E-state index contributed by atoms with van der Waals surface area (Å²) in [4.78, 5) is 26.7. The van der Waals surface area contributed by atoms with E-state index < -0.39 is 11.9 Å². The standard InChI is InChI=1S/C25H29N3O2/c1-17(25(26)30)27-19(12-11-18-7-3-2-4-8-18)13-16-24(29)28-22-14-15-23(28)21-10-6-5-9-20(21)22/h2-10,13,16-17,19,22-23,27H,11-12,14-15H2,1H3,(H2,26,30)/b16-13+/t17-,19-,22-,23+/m0/s1. The van der Waals surface area contributed by atoms with Gasteiger partial charge in [0.1, 0.15) is 0 Å². The minimum absolute atomic E-state index is 0.0388. The molecule has 0 saturated carbocycles. The fourth-order valence-corrected chi connectivity index (χ4v) is 4.74. The van der Waals surface area contributed by atoms with Crippen molar-refractivity contribution in [2.24, 2.45) is 5.73 Å². The number of nitrogens with one attached hydrogen (secondary N) is 1. The Morgan fingerprint density at radius 1 is 1.07 bits per heavy atom. The van der Waals surface area contributed by atoms with Crippen LogP contribution in [0.4, 0.5) is 0 Å². The average Bonchev–Trinajstić information content (AvgIpc) is 3.33. The van der Waals surface area contributed by atoms with Crippen LogP contribution in [0.25, 0.3) is 0 Å². The molecule has 5 heteroatoms. The van der Waals surface area contributed by atoms with Crippen molar-refractivity contribution in [1.29, 1.82) is 0 Å². The summed E-state index contributed by atoms with van der Waals surface area (Å²) in [5.74, 6) is -0.357. The number of carbonyl (C=O) groups is 2. The lowest BCUT2D eigenvalue weighted by Crippen LogP contribution is -2.44. The maximum Gasteiger partial charge on any atom is 0.247 e. The maximum atomic E-state index is 13.1. The summed E-state index contributed by atoms with van der Waals surface area (Å²) in [5.41, 5.74) is 9.24. The van der Waals surface area contributed by atoms with Crippen molar-refractivity contribution in [3.05, 3.63) is 83.4 Å². The number of rotatable bonds is 8. The molecular formula is C25H29N3O2. The van der Waals surface area contributed by atoms with Gasteiger partial charge < -0.3 is 10.6 Å². The van der Waals surface area contributed by atoms with Gasteiger partial charge in [-0.15, -0.1) is 0 Å². The first-order valence-corrected chi connectivity index (χ1v) is 10.7. The van der Waals surface area contributed by atoms with Gasteiger partial charge in [0.05, 0.1) is 18.1 Å². The number of nitrogens with two attached hydrogens (primary N) is 1. The highest BCUT2D eigenvalue weighted by molar-refractivity contribution is 5.89. The second-order valence-electron chi connectivity index (χ2n) is 8.26. The van der Waals surface area contributed by atoms with Crippen LogP contribution >= 0.6 is 0 Å². The van der Waals surface area contributed by atoms with Crippen molar-refractivity contribution in [2.75, 3.05) is 0 Å². The Morgan fingerprint density at radius 3 is 2.27 bits per heavy atom. The summed E-state index contributed by atoms with van der Waals surface area (Å²) >= 11 is 0. The van der Waals surface area contributed by atoms with E-state index in [4.69, 9.17) is 5.73 Å². The van der Waals surface area contributed by atoms with Crippen molar-refractivity contribution in [3.63, 3.8) is 0 Å². The highest BCUT2D eigenvalue weighted by Gasteiger charge is 2.45. The first kappa shape index (κ1) is 20.4. The van der Waals surface area contributed by atoms with Gasteiger partial charge in [-0.3, -0.25) is 14.9 Å². The lowest BCUT2D eigenvalue weighted by molar-refractivity contribution is -0.128. The smallest absolute Gasteiger partial charge is 0.247 e. The first-order valence-electron chi connectivity index (χ1n) is 10.7. The molecule has 4 atom stereocenters.